The van der Waals surface area contributed by atoms with Gasteiger partial charge in [0, 0.05) is 16.6 Å². The first-order valence-electron chi connectivity index (χ1n) is 9.51. The molecular weight excluding hydrogens is 376 g/mol. The van der Waals surface area contributed by atoms with Gasteiger partial charge in [0.15, 0.2) is 11.5 Å². The minimum absolute atomic E-state index is 0.119. The summed E-state index contributed by atoms with van der Waals surface area (Å²) in [5.41, 5.74) is 1.43. The van der Waals surface area contributed by atoms with Crippen LogP contribution in [-0.2, 0) is 0 Å². The molecular formula is C22H21ClN2O3. The third kappa shape index (κ3) is 3.76. The van der Waals surface area contributed by atoms with Gasteiger partial charge in [0.2, 0.25) is 0 Å². The topological polar surface area (TPSA) is 64.2 Å². The highest BCUT2D eigenvalue weighted by atomic mass is 35.5. The fourth-order valence-electron chi connectivity index (χ4n) is 3.69. The van der Waals surface area contributed by atoms with E-state index in [4.69, 9.17) is 16.0 Å². The Hall–Kier alpha value is -2.79. The van der Waals surface area contributed by atoms with Gasteiger partial charge >= 0.3 is 5.76 Å². The standard InChI is InChI=1S/C22H21ClN2O3/c23-16-13-11-15(12-14-16)20-19(21(26)24-17-7-3-1-4-8-17)25(22(27)28-20)18-9-5-2-6-10-18/h2,5-6,9-14,17H,1,3-4,7-8H2,(H,24,26). The molecule has 1 aliphatic carbocycles. The Balaban J connectivity index is 1.81. The number of oxazole rings is 1. The van der Waals surface area contributed by atoms with Crippen molar-refractivity contribution in [3.05, 3.63) is 75.9 Å². The average molecular weight is 397 g/mol. The van der Waals surface area contributed by atoms with Crippen molar-refractivity contribution in [1.29, 1.82) is 0 Å². The molecule has 0 bridgehead atoms. The Labute approximate surface area is 167 Å². The molecule has 1 fully saturated rings. The van der Waals surface area contributed by atoms with E-state index < -0.39 is 5.76 Å². The summed E-state index contributed by atoms with van der Waals surface area (Å²) in [6.07, 6.45) is 5.31. The number of benzene rings is 2. The van der Waals surface area contributed by atoms with Crippen LogP contribution in [0.15, 0.2) is 63.8 Å². The third-order valence-corrected chi connectivity index (χ3v) is 5.34. The van der Waals surface area contributed by atoms with Crippen molar-refractivity contribution >= 4 is 17.5 Å². The molecule has 0 spiro atoms. The highest BCUT2D eigenvalue weighted by Gasteiger charge is 2.27. The monoisotopic (exact) mass is 396 g/mol. The highest BCUT2D eigenvalue weighted by Crippen LogP contribution is 2.27. The van der Waals surface area contributed by atoms with Gasteiger partial charge in [-0.05, 0) is 49.2 Å². The number of nitrogens with one attached hydrogen (secondary N) is 1. The van der Waals surface area contributed by atoms with Crippen molar-refractivity contribution < 1.29 is 9.21 Å². The minimum Gasteiger partial charge on any atom is -0.407 e. The summed E-state index contributed by atoms with van der Waals surface area (Å²) < 4.78 is 6.88. The van der Waals surface area contributed by atoms with Crippen molar-refractivity contribution in [2.45, 2.75) is 38.1 Å². The summed E-state index contributed by atoms with van der Waals surface area (Å²) in [6.45, 7) is 0. The van der Waals surface area contributed by atoms with Crippen LogP contribution in [0.4, 0.5) is 0 Å². The van der Waals surface area contributed by atoms with Crippen molar-refractivity contribution in [3.8, 4) is 17.0 Å². The largest absolute Gasteiger partial charge is 0.424 e. The van der Waals surface area contributed by atoms with Gasteiger partial charge in [0.25, 0.3) is 5.91 Å². The van der Waals surface area contributed by atoms with E-state index in [1.807, 2.05) is 18.2 Å². The number of hydrogen-bond acceptors (Lipinski definition) is 3. The van der Waals surface area contributed by atoms with Crippen LogP contribution in [0, 0.1) is 0 Å². The number of carbonyl (C=O) groups is 1. The van der Waals surface area contributed by atoms with E-state index in [9.17, 15) is 9.59 Å². The Morgan fingerprint density at radius 3 is 2.36 bits per heavy atom. The lowest BCUT2D eigenvalue weighted by molar-refractivity contribution is 0.0921. The number of para-hydroxylation sites is 1. The second kappa shape index (κ2) is 8.07. The van der Waals surface area contributed by atoms with Crippen LogP contribution in [0.25, 0.3) is 17.0 Å². The lowest BCUT2D eigenvalue weighted by atomic mass is 9.95. The van der Waals surface area contributed by atoms with Crippen molar-refractivity contribution in [1.82, 2.24) is 9.88 Å². The fraction of sp³-hybridized carbons (Fsp3) is 0.273. The SMILES string of the molecule is O=C(NC1CCCCC1)c1c(-c2ccc(Cl)cc2)oc(=O)n1-c1ccccc1. The van der Waals surface area contributed by atoms with Crippen LogP contribution < -0.4 is 11.1 Å². The summed E-state index contributed by atoms with van der Waals surface area (Å²) in [5.74, 6) is -0.643. The van der Waals surface area contributed by atoms with E-state index in [1.54, 1.807) is 36.4 Å². The first-order chi connectivity index (χ1) is 13.6. The molecule has 1 aromatic heterocycles. The second-order valence-corrected chi connectivity index (χ2v) is 7.47. The molecule has 5 nitrogen and oxygen atoms in total. The first-order valence-corrected chi connectivity index (χ1v) is 9.89. The molecule has 1 N–H and O–H groups in total. The zero-order chi connectivity index (χ0) is 19.5. The molecule has 0 saturated heterocycles. The van der Waals surface area contributed by atoms with Crippen molar-refractivity contribution in [3.63, 3.8) is 0 Å². The van der Waals surface area contributed by atoms with Gasteiger partial charge < -0.3 is 9.73 Å². The lowest BCUT2D eigenvalue weighted by Crippen LogP contribution is -2.38. The van der Waals surface area contributed by atoms with Crippen LogP contribution >= 0.6 is 11.6 Å². The number of halogens is 1. The summed E-state index contributed by atoms with van der Waals surface area (Å²) in [4.78, 5) is 25.9. The predicted molar refractivity (Wildman–Crippen MR) is 109 cm³/mol. The van der Waals surface area contributed by atoms with E-state index in [0.29, 0.717) is 16.3 Å². The Kier molecular flexibility index (Phi) is 5.35. The van der Waals surface area contributed by atoms with Crippen LogP contribution in [0.3, 0.4) is 0 Å². The molecule has 3 aromatic rings. The number of aromatic nitrogens is 1. The summed E-state index contributed by atoms with van der Waals surface area (Å²) in [6, 6.07) is 16.1. The Bertz CT molecular complexity index is 1020. The molecule has 0 radical (unpaired) electrons. The summed E-state index contributed by atoms with van der Waals surface area (Å²) >= 11 is 5.99. The van der Waals surface area contributed by atoms with Gasteiger partial charge in [-0.3, -0.25) is 4.79 Å². The van der Waals surface area contributed by atoms with Crippen LogP contribution in [0.2, 0.25) is 5.02 Å². The van der Waals surface area contributed by atoms with Gasteiger partial charge in [0.1, 0.15) is 0 Å². The summed E-state index contributed by atoms with van der Waals surface area (Å²) in [7, 11) is 0. The molecule has 0 unspecified atom stereocenters. The van der Waals surface area contributed by atoms with E-state index in [0.717, 1.165) is 25.7 Å². The molecule has 28 heavy (non-hydrogen) atoms. The second-order valence-electron chi connectivity index (χ2n) is 7.03. The third-order valence-electron chi connectivity index (χ3n) is 5.09. The Morgan fingerprint density at radius 2 is 1.68 bits per heavy atom. The average Bonchev–Trinajstić information content (AvgIpc) is 3.07. The van der Waals surface area contributed by atoms with Gasteiger partial charge in [-0.15, -0.1) is 0 Å². The van der Waals surface area contributed by atoms with Crippen molar-refractivity contribution in [2.24, 2.45) is 0 Å². The molecule has 4 rings (SSSR count). The molecule has 0 atom stereocenters. The maximum Gasteiger partial charge on any atom is 0.424 e. The first kappa shape index (κ1) is 18.6. The molecule has 1 amide bonds. The molecule has 144 valence electrons. The molecule has 0 aliphatic heterocycles. The minimum atomic E-state index is -0.593. The summed E-state index contributed by atoms with van der Waals surface area (Å²) in [5, 5.41) is 3.67. The Morgan fingerprint density at radius 1 is 1.00 bits per heavy atom. The van der Waals surface area contributed by atoms with E-state index >= 15 is 0 Å². The van der Waals surface area contributed by atoms with Crippen LogP contribution in [0.1, 0.15) is 42.6 Å². The smallest absolute Gasteiger partial charge is 0.407 e. The lowest BCUT2D eigenvalue weighted by Gasteiger charge is -2.23. The quantitative estimate of drug-likeness (QED) is 0.688. The zero-order valence-electron chi connectivity index (χ0n) is 15.4. The molecule has 1 saturated carbocycles. The molecule has 2 aromatic carbocycles. The normalized spacial score (nSPS) is 14.8. The zero-order valence-corrected chi connectivity index (χ0v) is 16.1. The van der Waals surface area contributed by atoms with E-state index in [-0.39, 0.29) is 23.4 Å². The highest BCUT2D eigenvalue weighted by molar-refractivity contribution is 6.30. The predicted octanol–water partition coefficient (Wildman–Crippen LogP) is 4.81. The van der Waals surface area contributed by atoms with Crippen LogP contribution in [-0.4, -0.2) is 16.5 Å². The van der Waals surface area contributed by atoms with E-state index in [2.05, 4.69) is 5.32 Å². The van der Waals surface area contributed by atoms with Gasteiger partial charge in [0.05, 0.1) is 5.69 Å². The van der Waals surface area contributed by atoms with Crippen LogP contribution in [0.5, 0.6) is 0 Å². The van der Waals surface area contributed by atoms with Gasteiger partial charge in [-0.25, -0.2) is 9.36 Å². The molecule has 1 heterocycles. The number of nitrogens with zero attached hydrogens (tertiary/aromatic N) is 1. The van der Waals surface area contributed by atoms with E-state index in [1.165, 1.54) is 11.0 Å². The number of rotatable bonds is 4. The molecule has 6 heteroatoms. The maximum absolute atomic E-state index is 13.2. The van der Waals surface area contributed by atoms with Crippen molar-refractivity contribution in [2.75, 3.05) is 0 Å². The van der Waals surface area contributed by atoms with Gasteiger partial charge in [-0.1, -0.05) is 49.1 Å². The number of carbonyl (C=O) groups excluding carboxylic acids is 1. The fourth-order valence-corrected chi connectivity index (χ4v) is 3.81. The number of hydrogen-bond donors (Lipinski definition) is 1. The van der Waals surface area contributed by atoms with Gasteiger partial charge in [-0.2, -0.15) is 0 Å². The molecule has 1 aliphatic rings. The maximum atomic E-state index is 13.2. The number of amides is 1.